The van der Waals surface area contributed by atoms with Crippen molar-refractivity contribution in [3.8, 4) is 11.5 Å². The molecule has 4 N–H and O–H groups in total. The van der Waals surface area contributed by atoms with Crippen molar-refractivity contribution in [3.05, 3.63) is 131 Å². The number of aromatic hydroxyl groups is 2. The van der Waals surface area contributed by atoms with Gasteiger partial charge in [0.25, 0.3) is 0 Å². The van der Waals surface area contributed by atoms with E-state index < -0.39 is 30.1 Å². The number of amides is 2. The van der Waals surface area contributed by atoms with Crippen molar-refractivity contribution in [1.29, 1.82) is 0 Å². The van der Waals surface area contributed by atoms with Crippen molar-refractivity contribution < 1.29 is 34.1 Å². The molecule has 0 aliphatic rings. The summed E-state index contributed by atoms with van der Waals surface area (Å²) in [7, 11) is 0. The lowest BCUT2D eigenvalue weighted by Crippen LogP contribution is -2.53. The van der Waals surface area contributed by atoms with E-state index in [4.69, 9.17) is 9.47 Å². The zero-order valence-electron chi connectivity index (χ0n) is 22.8. The molecule has 0 saturated heterocycles. The van der Waals surface area contributed by atoms with Gasteiger partial charge >= 0.3 is 12.1 Å². The highest BCUT2D eigenvalue weighted by Crippen LogP contribution is 2.15. The number of benzene rings is 4. The average Bonchev–Trinajstić information content (AvgIpc) is 3.01. The number of nitrogens with one attached hydrogen (secondary N) is 2. The maximum absolute atomic E-state index is 13.6. The standard InChI is InChI=1S/C33H32N2O7/c36-27-15-11-23(12-16-27)19-29(35-33(40)42-22-26-9-5-2-6-10-26)31(38)34-30(20-24-13-17-28(37)18-14-24)32(39)41-21-25-7-3-1-4-8-25/h1-18,29-30,36-37H,19-22H2,(H,34,38)(H,35,40)/t29-,30+/m1/s1. The maximum atomic E-state index is 13.6. The number of ether oxygens (including phenoxy) is 2. The lowest BCUT2D eigenvalue weighted by Gasteiger charge is -2.23. The van der Waals surface area contributed by atoms with Gasteiger partial charge in [-0.25, -0.2) is 9.59 Å². The van der Waals surface area contributed by atoms with E-state index in [1.165, 1.54) is 24.3 Å². The Morgan fingerprint density at radius 2 is 1.00 bits per heavy atom. The van der Waals surface area contributed by atoms with Crippen molar-refractivity contribution in [1.82, 2.24) is 10.6 Å². The number of carbonyl (C=O) groups excluding carboxylic acids is 3. The topological polar surface area (TPSA) is 134 Å². The molecule has 0 bridgehead atoms. The number of carbonyl (C=O) groups is 3. The van der Waals surface area contributed by atoms with E-state index >= 15 is 0 Å². The molecule has 4 rings (SSSR count). The van der Waals surface area contributed by atoms with E-state index in [-0.39, 0.29) is 37.6 Å². The van der Waals surface area contributed by atoms with Crippen LogP contribution in [-0.2, 0) is 45.1 Å². The van der Waals surface area contributed by atoms with Gasteiger partial charge in [-0.15, -0.1) is 0 Å². The summed E-state index contributed by atoms with van der Waals surface area (Å²) in [5, 5.41) is 24.6. The SMILES string of the molecule is O=C(N[C@H](Cc1ccc(O)cc1)C(=O)N[C@@H](Cc1ccc(O)cc1)C(=O)OCc1ccccc1)OCc1ccccc1. The van der Waals surface area contributed by atoms with Crippen LogP contribution in [0, 0.1) is 0 Å². The van der Waals surface area contributed by atoms with Crippen LogP contribution in [0.5, 0.6) is 11.5 Å². The fraction of sp³-hybridized carbons (Fsp3) is 0.182. The van der Waals surface area contributed by atoms with Crippen LogP contribution in [0.15, 0.2) is 109 Å². The first-order chi connectivity index (χ1) is 20.4. The summed E-state index contributed by atoms with van der Waals surface area (Å²) in [4.78, 5) is 39.5. The van der Waals surface area contributed by atoms with E-state index in [0.717, 1.165) is 11.1 Å². The number of phenols is 2. The molecule has 0 heterocycles. The van der Waals surface area contributed by atoms with Crippen LogP contribution in [0.2, 0.25) is 0 Å². The molecule has 4 aromatic rings. The van der Waals surface area contributed by atoms with E-state index in [0.29, 0.717) is 11.1 Å². The normalized spacial score (nSPS) is 12.0. The summed E-state index contributed by atoms with van der Waals surface area (Å²) in [5.74, 6) is -1.15. The van der Waals surface area contributed by atoms with Crippen LogP contribution in [-0.4, -0.2) is 40.3 Å². The van der Waals surface area contributed by atoms with Crippen LogP contribution < -0.4 is 10.6 Å². The number of hydrogen-bond donors (Lipinski definition) is 4. The third-order valence-corrected chi connectivity index (χ3v) is 6.40. The lowest BCUT2D eigenvalue weighted by atomic mass is 10.0. The molecule has 0 aliphatic heterocycles. The Morgan fingerprint density at radius 3 is 1.50 bits per heavy atom. The van der Waals surface area contributed by atoms with Gasteiger partial charge < -0.3 is 30.3 Å². The molecule has 42 heavy (non-hydrogen) atoms. The van der Waals surface area contributed by atoms with Gasteiger partial charge in [-0.2, -0.15) is 0 Å². The molecule has 2 atom stereocenters. The summed E-state index contributed by atoms with van der Waals surface area (Å²) >= 11 is 0. The van der Waals surface area contributed by atoms with Crippen LogP contribution in [0.4, 0.5) is 4.79 Å². The Labute approximate surface area is 243 Å². The second kappa shape index (κ2) is 14.9. The third-order valence-electron chi connectivity index (χ3n) is 6.40. The summed E-state index contributed by atoms with van der Waals surface area (Å²) in [5.41, 5.74) is 2.91. The molecule has 4 aromatic carbocycles. The smallest absolute Gasteiger partial charge is 0.408 e. The highest BCUT2D eigenvalue weighted by atomic mass is 16.5. The molecule has 216 valence electrons. The van der Waals surface area contributed by atoms with Crippen LogP contribution in [0.25, 0.3) is 0 Å². The van der Waals surface area contributed by atoms with Crippen molar-refractivity contribution in [3.63, 3.8) is 0 Å². The summed E-state index contributed by atoms with van der Waals surface area (Å²) in [6.45, 7) is 0.0259. The van der Waals surface area contributed by atoms with E-state index in [9.17, 15) is 24.6 Å². The minimum absolute atomic E-state index is 0.00944. The molecule has 2 amide bonds. The number of alkyl carbamates (subject to hydrolysis) is 1. The second-order valence-electron chi connectivity index (χ2n) is 9.65. The molecule has 9 nitrogen and oxygen atoms in total. The van der Waals surface area contributed by atoms with Gasteiger partial charge in [0, 0.05) is 12.8 Å². The number of hydrogen-bond acceptors (Lipinski definition) is 7. The lowest BCUT2D eigenvalue weighted by molar-refractivity contribution is -0.149. The zero-order chi connectivity index (χ0) is 29.7. The Kier molecular flexibility index (Phi) is 10.5. The minimum atomic E-state index is -1.11. The fourth-order valence-corrected chi connectivity index (χ4v) is 4.15. The number of rotatable bonds is 12. The summed E-state index contributed by atoms with van der Waals surface area (Å²) in [6, 6.07) is 28.5. The molecule has 0 saturated carbocycles. The number of esters is 1. The first-order valence-corrected chi connectivity index (χ1v) is 13.4. The monoisotopic (exact) mass is 568 g/mol. The zero-order valence-corrected chi connectivity index (χ0v) is 22.8. The second-order valence-corrected chi connectivity index (χ2v) is 9.65. The molecule has 0 fully saturated rings. The highest BCUT2D eigenvalue weighted by Gasteiger charge is 2.29. The molecule has 9 heteroatoms. The van der Waals surface area contributed by atoms with Gasteiger partial charge in [-0.05, 0) is 46.5 Å². The Hall–Kier alpha value is -5.31. The highest BCUT2D eigenvalue weighted by molar-refractivity contribution is 5.90. The predicted molar refractivity (Wildman–Crippen MR) is 155 cm³/mol. The van der Waals surface area contributed by atoms with Gasteiger partial charge in [0.05, 0.1) is 0 Å². The summed E-state index contributed by atoms with van der Waals surface area (Å²) < 4.78 is 10.9. The Balaban J connectivity index is 1.49. The Morgan fingerprint density at radius 1 is 0.548 bits per heavy atom. The van der Waals surface area contributed by atoms with Crippen molar-refractivity contribution >= 4 is 18.0 Å². The van der Waals surface area contributed by atoms with Gasteiger partial charge in [0.1, 0.15) is 36.8 Å². The van der Waals surface area contributed by atoms with Crippen LogP contribution >= 0.6 is 0 Å². The molecular formula is C33H32N2O7. The van der Waals surface area contributed by atoms with Gasteiger partial charge in [0.2, 0.25) is 5.91 Å². The Bertz CT molecular complexity index is 1440. The van der Waals surface area contributed by atoms with E-state index in [1.54, 1.807) is 24.3 Å². The fourth-order valence-electron chi connectivity index (χ4n) is 4.15. The quantitative estimate of drug-likeness (QED) is 0.186. The molecule has 0 spiro atoms. The molecule has 0 unspecified atom stereocenters. The largest absolute Gasteiger partial charge is 0.508 e. The number of phenolic OH excluding ortho intramolecular Hbond substituents is 2. The molecular weight excluding hydrogens is 536 g/mol. The van der Waals surface area contributed by atoms with Crippen LogP contribution in [0.1, 0.15) is 22.3 Å². The maximum Gasteiger partial charge on any atom is 0.408 e. The van der Waals surface area contributed by atoms with Crippen molar-refractivity contribution in [2.75, 3.05) is 0 Å². The van der Waals surface area contributed by atoms with Crippen molar-refractivity contribution in [2.24, 2.45) is 0 Å². The summed E-state index contributed by atoms with van der Waals surface area (Å²) in [6.07, 6.45) is -0.652. The van der Waals surface area contributed by atoms with E-state index in [1.807, 2.05) is 60.7 Å². The minimum Gasteiger partial charge on any atom is -0.508 e. The van der Waals surface area contributed by atoms with E-state index in [2.05, 4.69) is 10.6 Å². The predicted octanol–water partition coefficient (Wildman–Crippen LogP) is 4.41. The van der Waals surface area contributed by atoms with Gasteiger partial charge in [-0.1, -0.05) is 84.9 Å². The first kappa shape index (κ1) is 29.7. The molecule has 0 aliphatic carbocycles. The van der Waals surface area contributed by atoms with Gasteiger partial charge in [0.15, 0.2) is 0 Å². The molecule has 0 radical (unpaired) electrons. The van der Waals surface area contributed by atoms with Gasteiger partial charge in [-0.3, -0.25) is 4.79 Å². The first-order valence-electron chi connectivity index (χ1n) is 13.4. The van der Waals surface area contributed by atoms with Crippen LogP contribution in [0.3, 0.4) is 0 Å². The third kappa shape index (κ3) is 9.41. The van der Waals surface area contributed by atoms with Crippen molar-refractivity contribution in [2.45, 2.75) is 38.1 Å². The average molecular weight is 569 g/mol. The molecule has 0 aromatic heterocycles.